The fourth-order valence-corrected chi connectivity index (χ4v) is 5.34. The Hall–Kier alpha value is -2.50. The lowest BCUT2D eigenvalue weighted by Crippen LogP contribution is -2.36. The number of likely N-dealkylation sites (tertiary alicyclic amines) is 1. The van der Waals surface area contributed by atoms with Crippen molar-refractivity contribution in [3.63, 3.8) is 0 Å². The number of benzene rings is 2. The highest BCUT2D eigenvalue weighted by molar-refractivity contribution is 5.34. The van der Waals surface area contributed by atoms with Crippen molar-refractivity contribution in [3.05, 3.63) is 83.5 Å². The van der Waals surface area contributed by atoms with E-state index < -0.39 is 0 Å². The second kappa shape index (κ2) is 8.93. The summed E-state index contributed by atoms with van der Waals surface area (Å²) in [6.45, 7) is 4.47. The van der Waals surface area contributed by atoms with Gasteiger partial charge in [-0.3, -0.25) is 0 Å². The molecule has 5 nitrogen and oxygen atoms in total. The summed E-state index contributed by atoms with van der Waals surface area (Å²) in [4.78, 5) is 7.35. The van der Waals surface area contributed by atoms with Gasteiger partial charge in [-0.1, -0.05) is 65.8 Å². The molecular formula is C26H32N4O. The van der Waals surface area contributed by atoms with Crippen LogP contribution in [0.2, 0.25) is 0 Å². The number of hydrogen-bond donors (Lipinski definition) is 1. The first-order valence-electron chi connectivity index (χ1n) is 11.6. The van der Waals surface area contributed by atoms with Gasteiger partial charge in [-0.2, -0.15) is 4.98 Å². The monoisotopic (exact) mass is 416 g/mol. The van der Waals surface area contributed by atoms with E-state index in [9.17, 15) is 0 Å². The molecule has 2 atom stereocenters. The Bertz CT molecular complexity index is 965. The maximum absolute atomic E-state index is 5.64. The van der Waals surface area contributed by atoms with E-state index in [1.54, 1.807) is 0 Å². The Morgan fingerprint density at radius 1 is 1.03 bits per heavy atom. The van der Waals surface area contributed by atoms with Crippen molar-refractivity contribution < 1.29 is 4.52 Å². The molecular weight excluding hydrogens is 384 g/mol. The van der Waals surface area contributed by atoms with E-state index in [1.165, 1.54) is 24.1 Å². The lowest BCUT2D eigenvalue weighted by molar-refractivity contribution is 0.184. The minimum atomic E-state index is 0.311. The third-order valence-electron chi connectivity index (χ3n) is 7.18. The van der Waals surface area contributed by atoms with Gasteiger partial charge in [0.15, 0.2) is 5.82 Å². The van der Waals surface area contributed by atoms with Crippen molar-refractivity contribution in [3.8, 4) is 0 Å². The average molecular weight is 417 g/mol. The van der Waals surface area contributed by atoms with E-state index >= 15 is 0 Å². The lowest BCUT2D eigenvalue weighted by Gasteiger charge is -2.31. The number of nitrogens with zero attached hydrogens (tertiary/aromatic N) is 3. The first kappa shape index (κ1) is 20.4. The standard InChI is InChI=1S/C26H32N4O/c1-27-19-26(22-10-6-3-7-11-22)17-23(26)18-30-14-12-21(13-15-30)25-28-24(29-31-25)16-20-8-4-2-5-9-20/h2-11,21,23,27H,12-19H2,1H3. The van der Waals surface area contributed by atoms with Crippen LogP contribution in [-0.4, -0.2) is 48.3 Å². The number of rotatable bonds is 8. The van der Waals surface area contributed by atoms with Crippen LogP contribution < -0.4 is 5.32 Å². The average Bonchev–Trinajstić information content (AvgIpc) is 3.30. The van der Waals surface area contributed by atoms with Gasteiger partial charge < -0.3 is 14.7 Å². The molecule has 1 aliphatic heterocycles. The van der Waals surface area contributed by atoms with E-state index in [1.807, 2.05) is 6.07 Å². The Morgan fingerprint density at radius 3 is 2.45 bits per heavy atom. The molecule has 1 aromatic heterocycles. The Labute approximate surface area is 184 Å². The smallest absolute Gasteiger partial charge is 0.229 e. The van der Waals surface area contributed by atoms with Crippen molar-refractivity contribution in [1.29, 1.82) is 0 Å². The van der Waals surface area contributed by atoms with E-state index in [2.05, 4.69) is 77.0 Å². The quantitative estimate of drug-likeness (QED) is 0.601. The van der Waals surface area contributed by atoms with Gasteiger partial charge in [-0.25, -0.2) is 0 Å². The topological polar surface area (TPSA) is 54.2 Å². The van der Waals surface area contributed by atoms with Crippen LogP contribution in [0, 0.1) is 5.92 Å². The summed E-state index contributed by atoms with van der Waals surface area (Å²) in [7, 11) is 2.07. The van der Waals surface area contributed by atoms with Crippen molar-refractivity contribution in [2.75, 3.05) is 33.2 Å². The van der Waals surface area contributed by atoms with Crippen molar-refractivity contribution in [1.82, 2.24) is 20.4 Å². The van der Waals surface area contributed by atoms with E-state index in [0.29, 0.717) is 11.3 Å². The van der Waals surface area contributed by atoms with E-state index in [0.717, 1.165) is 56.5 Å². The van der Waals surface area contributed by atoms with Gasteiger partial charge >= 0.3 is 0 Å². The highest BCUT2D eigenvalue weighted by Crippen LogP contribution is 2.54. The summed E-state index contributed by atoms with van der Waals surface area (Å²) in [5.41, 5.74) is 3.02. The minimum Gasteiger partial charge on any atom is -0.339 e. The molecule has 0 amide bonds. The van der Waals surface area contributed by atoms with Gasteiger partial charge in [0, 0.05) is 30.8 Å². The predicted octanol–water partition coefficient (Wildman–Crippen LogP) is 4.02. The largest absolute Gasteiger partial charge is 0.339 e. The van der Waals surface area contributed by atoms with Crippen molar-refractivity contribution in [2.45, 2.75) is 37.0 Å². The summed E-state index contributed by atoms with van der Waals surface area (Å²) in [6, 6.07) is 21.4. The molecule has 0 radical (unpaired) electrons. The SMILES string of the molecule is CNCC1(c2ccccc2)CC1CN1CCC(c2nc(Cc3ccccc3)no2)CC1. The second-order valence-corrected chi connectivity index (χ2v) is 9.24. The molecule has 2 aromatic carbocycles. The minimum absolute atomic E-state index is 0.311. The number of likely N-dealkylation sites (N-methyl/N-ethyl adjacent to an activating group) is 1. The van der Waals surface area contributed by atoms with Gasteiger partial charge in [0.2, 0.25) is 5.89 Å². The van der Waals surface area contributed by atoms with Crippen LogP contribution in [0.1, 0.15) is 48.0 Å². The number of hydrogen-bond acceptors (Lipinski definition) is 5. The molecule has 162 valence electrons. The number of aromatic nitrogens is 2. The predicted molar refractivity (Wildman–Crippen MR) is 122 cm³/mol. The Morgan fingerprint density at radius 2 is 1.74 bits per heavy atom. The van der Waals surface area contributed by atoms with Crippen molar-refractivity contribution in [2.24, 2.45) is 5.92 Å². The van der Waals surface area contributed by atoms with E-state index in [4.69, 9.17) is 9.51 Å². The van der Waals surface area contributed by atoms with Crippen LogP contribution in [0.3, 0.4) is 0 Å². The summed E-state index contributed by atoms with van der Waals surface area (Å²) < 4.78 is 5.64. The molecule has 1 saturated carbocycles. The van der Waals surface area contributed by atoms with Gasteiger partial charge in [-0.05, 0) is 56.4 Å². The van der Waals surface area contributed by atoms with Gasteiger partial charge in [0.25, 0.3) is 0 Å². The molecule has 3 aromatic rings. The first-order valence-corrected chi connectivity index (χ1v) is 11.6. The fourth-order valence-electron chi connectivity index (χ4n) is 5.34. The van der Waals surface area contributed by atoms with Crippen LogP contribution in [0.15, 0.2) is 65.2 Å². The normalized spacial score (nSPS) is 24.4. The zero-order chi connectivity index (χ0) is 21.1. The van der Waals surface area contributed by atoms with Crippen LogP contribution in [0.4, 0.5) is 0 Å². The summed E-state index contributed by atoms with van der Waals surface area (Å²) in [6.07, 6.45) is 4.22. The van der Waals surface area contributed by atoms with Crippen LogP contribution in [-0.2, 0) is 11.8 Å². The molecule has 5 rings (SSSR count). The lowest BCUT2D eigenvalue weighted by atomic mass is 9.92. The highest BCUT2D eigenvalue weighted by atomic mass is 16.5. The maximum Gasteiger partial charge on any atom is 0.229 e. The molecule has 2 aliphatic rings. The second-order valence-electron chi connectivity index (χ2n) is 9.24. The molecule has 2 fully saturated rings. The van der Waals surface area contributed by atoms with Crippen LogP contribution in [0.5, 0.6) is 0 Å². The third kappa shape index (κ3) is 4.43. The molecule has 2 unspecified atom stereocenters. The number of piperidine rings is 1. The number of nitrogens with one attached hydrogen (secondary N) is 1. The molecule has 1 saturated heterocycles. The van der Waals surface area contributed by atoms with Gasteiger partial charge in [-0.15, -0.1) is 0 Å². The van der Waals surface area contributed by atoms with Crippen LogP contribution in [0.25, 0.3) is 0 Å². The fraction of sp³-hybridized carbons (Fsp3) is 0.462. The highest BCUT2D eigenvalue weighted by Gasteiger charge is 2.54. The van der Waals surface area contributed by atoms with Gasteiger partial charge in [0.1, 0.15) is 0 Å². The molecule has 1 N–H and O–H groups in total. The van der Waals surface area contributed by atoms with E-state index in [-0.39, 0.29) is 0 Å². The molecule has 0 spiro atoms. The Balaban J connectivity index is 1.15. The molecule has 1 aliphatic carbocycles. The third-order valence-corrected chi connectivity index (χ3v) is 7.18. The summed E-state index contributed by atoms with van der Waals surface area (Å²) in [5, 5.41) is 7.67. The maximum atomic E-state index is 5.64. The zero-order valence-electron chi connectivity index (χ0n) is 18.3. The molecule has 5 heteroatoms. The zero-order valence-corrected chi connectivity index (χ0v) is 18.3. The van der Waals surface area contributed by atoms with Gasteiger partial charge in [0.05, 0.1) is 0 Å². The summed E-state index contributed by atoms with van der Waals surface area (Å²) >= 11 is 0. The van der Waals surface area contributed by atoms with Crippen molar-refractivity contribution >= 4 is 0 Å². The Kier molecular flexibility index (Phi) is 5.88. The first-order chi connectivity index (χ1) is 15.3. The molecule has 2 heterocycles. The molecule has 0 bridgehead atoms. The van der Waals surface area contributed by atoms with Crippen LogP contribution >= 0.6 is 0 Å². The molecule has 31 heavy (non-hydrogen) atoms. The summed E-state index contributed by atoms with van der Waals surface area (Å²) in [5.74, 6) is 2.75.